The van der Waals surface area contributed by atoms with Gasteiger partial charge in [-0.05, 0) is 30.4 Å². The fourth-order valence-corrected chi connectivity index (χ4v) is 2.95. The number of anilines is 1. The Balaban J connectivity index is 2.24. The normalized spacial score (nSPS) is 18.6. The van der Waals surface area contributed by atoms with Gasteiger partial charge in [0, 0.05) is 36.9 Å². The maximum Gasteiger partial charge on any atom is 0.129 e. The summed E-state index contributed by atoms with van der Waals surface area (Å²) in [4.78, 5) is 2.35. The number of halogens is 1. The van der Waals surface area contributed by atoms with E-state index in [9.17, 15) is 4.39 Å². The fraction of sp³-hybridized carbons (Fsp3) is 0.647. The van der Waals surface area contributed by atoms with Crippen molar-refractivity contribution in [1.82, 2.24) is 5.32 Å². The second-order valence-corrected chi connectivity index (χ2v) is 6.96. The molecule has 3 heteroatoms. The first-order chi connectivity index (χ1) is 9.39. The molecule has 1 aromatic rings. The van der Waals surface area contributed by atoms with Crippen molar-refractivity contribution in [3.8, 4) is 0 Å². The van der Waals surface area contributed by atoms with E-state index in [1.165, 1.54) is 12.8 Å². The van der Waals surface area contributed by atoms with Gasteiger partial charge in [0.1, 0.15) is 5.82 Å². The Morgan fingerprint density at radius 1 is 1.35 bits per heavy atom. The van der Waals surface area contributed by atoms with E-state index >= 15 is 0 Å². The first kappa shape index (κ1) is 15.3. The molecule has 1 N–H and O–H groups in total. The molecule has 0 unspecified atom stereocenters. The van der Waals surface area contributed by atoms with Gasteiger partial charge in [0.25, 0.3) is 0 Å². The molecule has 0 atom stereocenters. The second kappa shape index (κ2) is 6.13. The molecule has 1 saturated heterocycles. The van der Waals surface area contributed by atoms with E-state index in [-0.39, 0.29) is 5.82 Å². The van der Waals surface area contributed by atoms with E-state index in [1.54, 1.807) is 6.07 Å². The summed E-state index contributed by atoms with van der Waals surface area (Å²) in [5.74, 6) is -0.0981. The van der Waals surface area contributed by atoms with E-state index < -0.39 is 0 Å². The largest absolute Gasteiger partial charge is 0.371 e. The van der Waals surface area contributed by atoms with Crippen molar-refractivity contribution in [2.45, 2.75) is 53.1 Å². The molecule has 20 heavy (non-hydrogen) atoms. The number of piperidine rings is 1. The van der Waals surface area contributed by atoms with Crippen LogP contribution in [-0.2, 0) is 6.54 Å². The van der Waals surface area contributed by atoms with Crippen LogP contribution in [0.2, 0.25) is 0 Å². The summed E-state index contributed by atoms with van der Waals surface area (Å²) < 4.78 is 14.2. The molecule has 1 fully saturated rings. The number of rotatable bonds is 4. The molecule has 0 saturated carbocycles. The number of nitrogens with one attached hydrogen (secondary N) is 1. The summed E-state index contributed by atoms with van der Waals surface area (Å²) in [7, 11) is 0. The standard InChI is InChI=1S/C17H27FN2/c1-13(2)19-11-14-15(18)7-5-8-16(14)20-10-6-9-17(3,4)12-20/h5,7-8,13,19H,6,9-12H2,1-4H3. The molecular formula is C17H27FN2. The summed E-state index contributed by atoms with van der Waals surface area (Å²) in [6.07, 6.45) is 2.43. The molecule has 0 aromatic heterocycles. The molecule has 0 radical (unpaired) electrons. The molecule has 2 nitrogen and oxygen atoms in total. The minimum Gasteiger partial charge on any atom is -0.371 e. The lowest BCUT2D eigenvalue weighted by atomic mass is 9.84. The molecule has 1 aliphatic rings. The molecule has 0 spiro atoms. The van der Waals surface area contributed by atoms with Crippen LogP contribution in [0.5, 0.6) is 0 Å². The Bertz CT molecular complexity index is 454. The summed E-state index contributed by atoms with van der Waals surface area (Å²) in [5, 5.41) is 3.34. The topological polar surface area (TPSA) is 15.3 Å². The number of nitrogens with zero attached hydrogens (tertiary/aromatic N) is 1. The molecule has 2 rings (SSSR count). The van der Waals surface area contributed by atoms with Gasteiger partial charge in [-0.2, -0.15) is 0 Å². The van der Waals surface area contributed by atoms with Crippen LogP contribution >= 0.6 is 0 Å². The highest BCUT2D eigenvalue weighted by Gasteiger charge is 2.28. The molecule has 0 bridgehead atoms. The Morgan fingerprint density at radius 2 is 2.10 bits per heavy atom. The molecule has 1 heterocycles. The first-order valence-electron chi connectivity index (χ1n) is 7.65. The SMILES string of the molecule is CC(C)NCc1c(F)cccc1N1CCCC(C)(C)C1. The minimum absolute atomic E-state index is 0.0981. The molecule has 1 aromatic carbocycles. The zero-order valence-electron chi connectivity index (χ0n) is 13.2. The van der Waals surface area contributed by atoms with E-state index in [1.807, 2.05) is 6.07 Å². The Kier molecular flexibility index (Phi) is 4.69. The maximum atomic E-state index is 14.2. The van der Waals surface area contributed by atoms with Crippen LogP contribution in [0, 0.1) is 11.2 Å². The molecule has 0 amide bonds. The summed E-state index contributed by atoms with van der Waals surface area (Å²) in [6.45, 7) is 11.4. The average Bonchev–Trinajstić information content (AvgIpc) is 2.35. The maximum absolute atomic E-state index is 14.2. The Morgan fingerprint density at radius 3 is 2.75 bits per heavy atom. The van der Waals surface area contributed by atoms with Crippen LogP contribution in [0.1, 0.15) is 46.1 Å². The van der Waals surface area contributed by atoms with Crippen molar-refractivity contribution in [1.29, 1.82) is 0 Å². The summed E-state index contributed by atoms with van der Waals surface area (Å²) in [6, 6.07) is 5.81. The predicted molar refractivity (Wildman–Crippen MR) is 83.6 cm³/mol. The highest BCUT2D eigenvalue weighted by molar-refractivity contribution is 5.54. The molecular weight excluding hydrogens is 251 g/mol. The predicted octanol–water partition coefficient (Wildman–Crippen LogP) is 3.95. The molecule has 0 aliphatic carbocycles. The first-order valence-corrected chi connectivity index (χ1v) is 7.65. The summed E-state index contributed by atoms with van der Waals surface area (Å²) >= 11 is 0. The van der Waals surface area contributed by atoms with E-state index in [0.29, 0.717) is 18.0 Å². The van der Waals surface area contributed by atoms with Gasteiger partial charge in [-0.1, -0.05) is 33.8 Å². The van der Waals surface area contributed by atoms with Crippen molar-refractivity contribution in [2.24, 2.45) is 5.41 Å². The van der Waals surface area contributed by atoms with Crippen molar-refractivity contribution >= 4 is 5.69 Å². The van der Waals surface area contributed by atoms with Crippen LogP contribution in [0.25, 0.3) is 0 Å². The van der Waals surface area contributed by atoms with Crippen LogP contribution in [-0.4, -0.2) is 19.1 Å². The van der Waals surface area contributed by atoms with Gasteiger partial charge >= 0.3 is 0 Å². The lowest BCUT2D eigenvalue weighted by Crippen LogP contribution is -2.41. The van der Waals surface area contributed by atoms with Crippen LogP contribution in [0.15, 0.2) is 18.2 Å². The lowest BCUT2D eigenvalue weighted by Gasteiger charge is -2.40. The van der Waals surface area contributed by atoms with E-state index in [0.717, 1.165) is 24.3 Å². The minimum atomic E-state index is -0.0981. The van der Waals surface area contributed by atoms with Crippen molar-refractivity contribution < 1.29 is 4.39 Å². The quantitative estimate of drug-likeness (QED) is 0.897. The second-order valence-electron chi connectivity index (χ2n) is 6.96. The third kappa shape index (κ3) is 3.72. The van der Waals surface area contributed by atoms with E-state index in [4.69, 9.17) is 0 Å². The third-order valence-electron chi connectivity index (χ3n) is 4.02. The van der Waals surface area contributed by atoms with Crippen molar-refractivity contribution in [3.05, 3.63) is 29.6 Å². The average molecular weight is 278 g/mol. The van der Waals surface area contributed by atoms with Gasteiger partial charge in [-0.15, -0.1) is 0 Å². The van der Waals surface area contributed by atoms with Gasteiger partial charge in [-0.25, -0.2) is 4.39 Å². The van der Waals surface area contributed by atoms with Gasteiger partial charge in [0.15, 0.2) is 0 Å². The molecule has 1 aliphatic heterocycles. The fourth-order valence-electron chi connectivity index (χ4n) is 2.95. The van der Waals surface area contributed by atoms with Crippen LogP contribution in [0.4, 0.5) is 10.1 Å². The van der Waals surface area contributed by atoms with Crippen LogP contribution in [0.3, 0.4) is 0 Å². The zero-order valence-corrected chi connectivity index (χ0v) is 13.2. The number of hydrogen-bond donors (Lipinski definition) is 1. The third-order valence-corrected chi connectivity index (χ3v) is 4.02. The van der Waals surface area contributed by atoms with Gasteiger partial charge in [0.05, 0.1) is 0 Å². The monoisotopic (exact) mass is 278 g/mol. The smallest absolute Gasteiger partial charge is 0.129 e. The summed E-state index contributed by atoms with van der Waals surface area (Å²) in [5.41, 5.74) is 2.18. The van der Waals surface area contributed by atoms with Gasteiger partial charge in [0.2, 0.25) is 0 Å². The Hall–Kier alpha value is -1.09. The van der Waals surface area contributed by atoms with Crippen LogP contribution < -0.4 is 10.2 Å². The van der Waals surface area contributed by atoms with Gasteiger partial charge < -0.3 is 10.2 Å². The van der Waals surface area contributed by atoms with E-state index in [2.05, 4.69) is 44.0 Å². The zero-order chi connectivity index (χ0) is 14.8. The number of hydrogen-bond acceptors (Lipinski definition) is 2. The van der Waals surface area contributed by atoms with Crippen molar-refractivity contribution in [2.75, 3.05) is 18.0 Å². The highest BCUT2D eigenvalue weighted by Crippen LogP contribution is 2.33. The van der Waals surface area contributed by atoms with Gasteiger partial charge in [-0.3, -0.25) is 0 Å². The lowest BCUT2D eigenvalue weighted by molar-refractivity contribution is 0.292. The number of benzene rings is 1. The highest BCUT2D eigenvalue weighted by atomic mass is 19.1. The van der Waals surface area contributed by atoms with Crippen molar-refractivity contribution in [3.63, 3.8) is 0 Å². The molecule has 112 valence electrons. The Labute approximate surface area is 122 Å².